The molecule has 1 fully saturated rings. The summed E-state index contributed by atoms with van der Waals surface area (Å²) in [5.41, 5.74) is 3.46. The van der Waals surface area contributed by atoms with Crippen molar-refractivity contribution in [3.05, 3.63) is 51.8 Å². The number of nitrogens with zero attached hydrogens (tertiary/aromatic N) is 3. The van der Waals surface area contributed by atoms with E-state index in [-0.39, 0.29) is 24.2 Å². The van der Waals surface area contributed by atoms with Gasteiger partial charge in [0.15, 0.2) is 5.78 Å². The molecular weight excluding hydrogens is 350 g/mol. The normalized spacial score (nSPS) is 17.4. The summed E-state index contributed by atoms with van der Waals surface area (Å²) in [7, 11) is 0. The fraction of sp³-hybridized carbons (Fsp3) is 0.450. The number of benzene rings is 1. The van der Waals surface area contributed by atoms with E-state index in [1.807, 2.05) is 32.9 Å². The SMILES string of the molecule is Cc1cc(C)n(CC(=O)N2CCC[C@@H](C(=O)c3ccc(Cl)cc3C)C2)n1. The smallest absolute Gasteiger partial charge is 0.244 e. The molecule has 1 amide bonds. The molecule has 1 saturated heterocycles. The van der Waals surface area contributed by atoms with Crippen molar-refractivity contribution in [3.8, 4) is 0 Å². The first-order chi connectivity index (χ1) is 12.3. The predicted molar refractivity (Wildman–Crippen MR) is 102 cm³/mol. The van der Waals surface area contributed by atoms with Gasteiger partial charge in [0, 0.05) is 35.3 Å². The van der Waals surface area contributed by atoms with Crippen LogP contribution in [0.1, 0.15) is 40.2 Å². The van der Waals surface area contributed by atoms with Crippen molar-refractivity contribution in [3.63, 3.8) is 0 Å². The minimum Gasteiger partial charge on any atom is -0.340 e. The highest BCUT2D eigenvalue weighted by Gasteiger charge is 2.29. The number of carbonyl (C=O) groups is 2. The van der Waals surface area contributed by atoms with Gasteiger partial charge in [-0.1, -0.05) is 11.6 Å². The zero-order valence-electron chi connectivity index (χ0n) is 15.5. The minimum atomic E-state index is -0.159. The first-order valence-electron chi connectivity index (χ1n) is 8.94. The lowest BCUT2D eigenvalue weighted by Gasteiger charge is -2.32. The number of carbonyl (C=O) groups excluding carboxylic acids is 2. The Morgan fingerprint density at radius 1 is 1.23 bits per heavy atom. The molecule has 26 heavy (non-hydrogen) atoms. The predicted octanol–water partition coefficient (Wildman–Crippen LogP) is 3.58. The fourth-order valence-electron chi connectivity index (χ4n) is 3.60. The number of Topliss-reactive ketones (excluding diaryl/α,β-unsaturated/α-hetero) is 1. The maximum absolute atomic E-state index is 12.9. The minimum absolute atomic E-state index is 0.0153. The number of ketones is 1. The molecule has 1 aliphatic heterocycles. The molecule has 5 nitrogen and oxygen atoms in total. The molecule has 0 saturated carbocycles. The lowest BCUT2D eigenvalue weighted by atomic mass is 9.88. The third kappa shape index (κ3) is 3.98. The summed E-state index contributed by atoms with van der Waals surface area (Å²) in [6.07, 6.45) is 1.65. The van der Waals surface area contributed by atoms with E-state index in [9.17, 15) is 9.59 Å². The third-order valence-electron chi connectivity index (χ3n) is 4.99. The maximum Gasteiger partial charge on any atom is 0.244 e. The van der Waals surface area contributed by atoms with Crippen LogP contribution in [-0.4, -0.2) is 39.5 Å². The Balaban J connectivity index is 1.69. The van der Waals surface area contributed by atoms with Crippen molar-refractivity contribution in [2.24, 2.45) is 5.92 Å². The van der Waals surface area contributed by atoms with Gasteiger partial charge in [-0.05, 0) is 63.4 Å². The number of rotatable bonds is 4. The van der Waals surface area contributed by atoms with Gasteiger partial charge in [-0.2, -0.15) is 5.10 Å². The van der Waals surface area contributed by atoms with Crippen LogP contribution in [0.25, 0.3) is 0 Å². The molecule has 6 heteroatoms. The van der Waals surface area contributed by atoms with Gasteiger partial charge >= 0.3 is 0 Å². The molecule has 1 aromatic carbocycles. The van der Waals surface area contributed by atoms with E-state index >= 15 is 0 Å². The van der Waals surface area contributed by atoms with Crippen molar-refractivity contribution < 1.29 is 9.59 Å². The molecule has 0 spiro atoms. The van der Waals surface area contributed by atoms with E-state index in [4.69, 9.17) is 11.6 Å². The lowest BCUT2D eigenvalue weighted by molar-refractivity contribution is -0.133. The van der Waals surface area contributed by atoms with Gasteiger partial charge in [-0.3, -0.25) is 14.3 Å². The maximum atomic E-state index is 12.9. The highest BCUT2D eigenvalue weighted by Crippen LogP contribution is 2.24. The van der Waals surface area contributed by atoms with Crippen LogP contribution in [0, 0.1) is 26.7 Å². The Hall–Kier alpha value is -2.14. The van der Waals surface area contributed by atoms with E-state index < -0.39 is 0 Å². The van der Waals surface area contributed by atoms with E-state index in [0.717, 1.165) is 29.8 Å². The molecule has 1 atom stereocenters. The highest BCUT2D eigenvalue weighted by atomic mass is 35.5. The van der Waals surface area contributed by atoms with Crippen LogP contribution in [0.15, 0.2) is 24.3 Å². The lowest BCUT2D eigenvalue weighted by Crippen LogP contribution is -2.44. The van der Waals surface area contributed by atoms with Crippen LogP contribution in [-0.2, 0) is 11.3 Å². The number of likely N-dealkylation sites (tertiary alicyclic amines) is 1. The second-order valence-electron chi connectivity index (χ2n) is 7.09. The Kier molecular flexibility index (Phi) is 5.47. The molecule has 138 valence electrons. The van der Waals surface area contributed by atoms with Crippen LogP contribution >= 0.6 is 11.6 Å². The Labute approximate surface area is 158 Å². The molecule has 3 rings (SSSR count). The van der Waals surface area contributed by atoms with Crippen molar-refractivity contribution in [2.75, 3.05) is 13.1 Å². The van der Waals surface area contributed by atoms with E-state index in [0.29, 0.717) is 23.7 Å². The summed E-state index contributed by atoms with van der Waals surface area (Å²) in [6, 6.07) is 7.30. The number of hydrogen-bond acceptors (Lipinski definition) is 3. The fourth-order valence-corrected chi connectivity index (χ4v) is 3.83. The van der Waals surface area contributed by atoms with Gasteiger partial charge in [0.1, 0.15) is 6.54 Å². The van der Waals surface area contributed by atoms with Crippen LogP contribution < -0.4 is 0 Å². The number of amides is 1. The van der Waals surface area contributed by atoms with Crippen LogP contribution in [0.4, 0.5) is 0 Å². The quantitative estimate of drug-likeness (QED) is 0.769. The molecule has 0 aliphatic carbocycles. The number of aryl methyl sites for hydroxylation is 3. The summed E-state index contributed by atoms with van der Waals surface area (Å²) in [4.78, 5) is 27.4. The first-order valence-corrected chi connectivity index (χ1v) is 9.32. The molecule has 0 N–H and O–H groups in total. The van der Waals surface area contributed by atoms with Crippen molar-refractivity contribution in [2.45, 2.75) is 40.2 Å². The summed E-state index contributed by atoms with van der Waals surface area (Å²) < 4.78 is 1.73. The molecule has 1 aromatic heterocycles. The summed E-state index contributed by atoms with van der Waals surface area (Å²) in [5, 5.41) is 4.99. The Morgan fingerprint density at radius 3 is 2.65 bits per heavy atom. The first kappa shape index (κ1) is 18.6. The molecule has 0 unspecified atom stereocenters. The molecular formula is C20H24ClN3O2. The van der Waals surface area contributed by atoms with Gasteiger partial charge < -0.3 is 4.90 Å². The number of halogens is 1. The largest absolute Gasteiger partial charge is 0.340 e. The number of piperidine rings is 1. The molecule has 2 aromatic rings. The zero-order valence-corrected chi connectivity index (χ0v) is 16.2. The third-order valence-corrected chi connectivity index (χ3v) is 5.22. The van der Waals surface area contributed by atoms with Crippen LogP contribution in [0.2, 0.25) is 5.02 Å². The standard InChI is InChI=1S/C20H24ClN3O2/c1-13-9-17(21)6-7-18(13)20(26)16-5-4-8-23(11-16)19(25)12-24-15(3)10-14(2)22-24/h6-7,9-10,16H,4-5,8,11-12H2,1-3H3/t16-/m1/s1. The average molecular weight is 374 g/mol. The summed E-state index contributed by atoms with van der Waals surface area (Å²) >= 11 is 5.99. The molecule has 0 radical (unpaired) electrons. The molecule has 1 aliphatic rings. The molecule has 0 bridgehead atoms. The number of aromatic nitrogens is 2. The average Bonchev–Trinajstić information content (AvgIpc) is 2.91. The van der Waals surface area contributed by atoms with Crippen molar-refractivity contribution >= 4 is 23.3 Å². The monoisotopic (exact) mass is 373 g/mol. The second-order valence-corrected chi connectivity index (χ2v) is 7.52. The van der Waals surface area contributed by atoms with Gasteiger partial charge in [0.05, 0.1) is 5.69 Å². The molecule has 2 heterocycles. The number of hydrogen-bond donors (Lipinski definition) is 0. The van der Waals surface area contributed by atoms with Gasteiger partial charge in [-0.15, -0.1) is 0 Å². The summed E-state index contributed by atoms with van der Waals surface area (Å²) in [6.45, 7) is 7.14. The van der Waals surface area contributed by atoms with Crippen molar-refractivity contribution in [1.82, 2.24) is 14.7 Å². The van der Waals surface area contributed by atoms with Crippen molar-refractivity contribution in [1.29, 1.82) is 0 Å². The Bertz CT molecular complexity index is 844. The van der Waals surface area contributed by atoms with E-state index in [2.05, 4.69) is 5.10 Å². The highest BCUT2D eigenvalue weighted by molar-refractivity contribution is 6.30. The summed E-state index contributed by atoms with van der Waals surface area (Å²) in [5.74, 6) is -0.0441. The van der Waals surface area contributed by atoms with E-state index in [1.165, 1.54) is 0 Å². The zero-order chi connectivity index (χ0) is 18.8. The topological polar surface area (TPSA) is 55.2 Å². The van der Waals surface area contributed by atoms with Gasteiger partial charge in [-0.25, -0.2) is 0 Å². The van der Waals surface area contributed by atoms with Gasteiger partial charge in [0.25, 0.3) is 0 Å². The van der Waals surface area contributed by atoms with Crippen LogP contribution in [0.5, 0.6) is 0 Å². The second kappa shape index (κ2) is 7.62. The van der Waals surface area contributed by atoms with Crippen LogP contribution in [0.3, 0.4) is 0 Å². The van der Waals surface area contributed by atoms with E-state index in [1.54, 1.807) is 21.7 Å². The Morgan fingerprint density at radius 2 is 2.00 bits per heavy atom. The van der Waals surface area contributed by atoms with Gasteiger partial charge in [0.2, 0.25) is 5.91 Å².